The number of carbonyl (C=O) groups excluding carboxylic acids is 3. The van der Waals surface area contributed by atoms with Crippen molar-refractivity contribution in [3.05, 3.63) is 48.0 Å². The maximum Gasteiger partial charge on any atom is 0.305 e. The molecule has 3 atom stereocenters. The molecule has 2 heterocycles. The largest absolute Gasteiger partial charge is 0.434 e. The normalized spacial score (nSPS) is 19.4. The minimum absolute atomic E-state index is 0.179. The first-order valence-electron chi connectivity index (χ1n) is 11.4. The van der Waals surface area contributed by atoms with Gasteiger partial charge in [-0.05, 0) is 49.1 Å². The number of amides is 2. The summed E-state index contributed by atoms with van der Waals surface area (Å²) in [5, 5.41) is 9.15. The topological polar surface area (TPSA) is 106 Å². The Morgan fingerprint density at radius 2 is 1.91 bits per heavy atom. The smallest absolute Gasteiger partial charge is 0.305 e. The highest BCUT2D eigenvalue weighted by Gasteiger charge is 2.34. The molecule has 0 bridgehead atoms. The molecular weight excluding hydrogens is 454 g/mol. The van der Waals surface area contributed by atoms with Crippen molar-refractivity contribution in [2.45, 2.75) is 61.8 Å². The molecule has 3 N–H and O–H groups in total. The van der Waals surface area contributed by atoms with E-state index in [4.69, 9.17) is 9.47 Å². The highest BCUT2D eigenvalue weighted by Crippen LogP contribution is 2.44. The Kier molecular flexibility index (Phi) is 7.43. The minimum Gasteiger partial charge on any atom is -0.434 e. The third-order valence-corrected chi connectivity index (χ3v) is 6.75. The Balaban J connectivity index is 1.45. The number of rotatable bonds is 7. The van der Waals surface area contributed by atoms with E-state index in [1.807, 2.05) is 44.2 Å². The molecule has 2 amide bonds. The first-order valence-corrected chi connectivity index (χ1v) is 12.2. The Bertz CT molecular complexity index is 1090. The van der Waals surface area contributed by atoms with Gasteiger partial charge in [0.05, 0.1) is 24.0 Å². The zero-order valence-electron chi connectivity index (χ0n) is 19.4. The average molecular weight is 484 g/mol. The molecule has 1 fully saturated rings. The summed E-state index contributed by atoms with van der Waals surface area (Å²) >= 11 is 1.65. The van der Waals surface area contributed by atoms with Crippen LogP contribution in [-0.4, -0.2) is 42.8 Å². The van der Waals surface area contributed by atoms with Gasteiger partial charge in [0.25, 0.3) is 5.91 Å². The van der Waals surface area contributed by atoms with Gasteiger partial charge in [0.15, 0.2) is 0 Å². The van der Waals surface area contributed by atoms with E-state index >= 15 is 0 Å². The zero-order chi connectivity index (χ0) is 24.2. The first-order chi connectivity index (χ1) is 16.3. The number of nitrogens with one attached hydrogen (secondary N) is 3. The molecule has 0 aromatic heterocycles. The highest BCUT2D eigenvalue weighted by atomic mass is 32.2. The van der Waals surface area contributed by atoms with Crippen molar-refractivity contribution in [3.8, 4) is 0 Å². The van der Waals surface area contributed by atoms with Crippen LogP contribution in [0.3, 0.4) is 0 Å². The van der Waals surface area contributed by atoms with Gasteiger partial charge in [-0.1, -0.05) is 37.7 Å². The third kappa shape index (κ3) is 5.71. The molecule has 4 rings (SSSR count). The lowest BCUT2D eigenvalue weighted by Crippen LogP contribution is -2.52. The molecule has 9 heteroatoms. The van der Waals surface area contributed by atoms with Gasteiger partial charge in [0.1, 0.15) is 6.04 Å². The Morgan fingerprint density at radius 1 is 1.15 bits per heavy atom. The van der Waals surface area contributed by atoms with Gasteiger partial charge >= 0.3 is 5.97 Å². The molecule has 1 saturated heterocycles. The maximum absolute atomic E-state index is 13.1. The van der Waals surface area contributed by atoms with Crippen LogP contribution < -0.4 is 16.0 Å². The third-order valence-electron chi connectivity index (χ3n) is 5.60. The van der Waals surface area contributed by atoms with Gasteiger partial charge < -0.3 is 25.4 Å². The van der Waals surface area contributed by atoms with Crippen LogP contribution in [0.5, 0.6) is 0 Å². The van der Waals surface area contributed by atoms with Gasteiger partial charge in [-0.3, -0.25) is 14.4 Å². The fourth-order valence-corrected chi connectivity index (χ4v) is 4.96. The fourth-order valence-electron chi connectivity index (χ4n) is 3.99. The molecule has 2 aromatic rings. The number of ether oxygens (including phenoxy) is 2. The quantitative estimate of drug-likeness (QED) is 0.439. The molecule has 34 heavy (non-hydrogen) atoms. The van der Waals surface area contributed by atoms with Crippen LogP contribution >= 0.6 is 11.8 Å². The van der Waals surface area contributed by atoms with Crippen molar-refractivity contribution >= 4 is 40.9 Å². The number of esters is 1. The summed E-state index contributed by atoms with van der Waals surface area (Å²) in [5.41, 5.74) is 2.32. The van der Waals surface area contributed by atoms with Crippen LogP contribution in [0.25, 0.3) is 0 Å². The number of hydrogen-bond donors (Lipinski definition) is 3. The van der Waals surface area contributed by atoms with Crippen molar-refractivity contribution in [1.29, 1.82) is 0 Å². The Labute approximate surface area is 203 Å². The fraction of sp³-hybridized carbons (Fsp3) is 0.400. The second-order valence-corrected chi connectivity index (χ2v) is 9.93. The number of anilines is 2. The van der Waals surface area contributed by atoms with Crippen LogP contribution in [0.15, 0.2) is 52.3 Å². The zero-order valence-corrected chi connectivity index (χ0v) is 20.2. The number of hydrogen-bond acceptors (Lipinski definition) is 7. The van der Waals surface area contributed by atoms with Crippen LogP contribution in [0.1, 0.15) is 44.0 Å². The standard InChI is InChI=1S/C25H29N3O5S/c1-14(2)12-20(24(31)27-18-10-11-32-25(18)33-15(3)29)28-23(30)16-8-9-22-19(13-16)26-17-6-4-5-7-21(17)34-22/h4-9,13-14,18,20,25-26H,10-12H2,1-3H3,(H,27,31)(H,28,30)/t18-,20-,25?/m0/s1. The molecule has 0 spiro atoms. The number of benzene rings is 2. The summed E-state index contributed by atoms with van der Waals surface area (Å²) < 4.78 is 10.6. The van der Waals surface area contributed by atoms with Crippen molar-refractivity contribution in [3.63, 3.8) is 0 Å². The Hall–Kier alpha value is -3.04. The summed E-state index contributed by atoms with van der Waals surface area (Å²) in [6, 6.07) is 12.3. The molecule has 1 unspecified atom stereocenters. The highest BCUT2D eigenvalue weighted by molar-refractivity contribution is 7.99. The molecule has 2 aliphatic rings. The number of carbonyl (C=O) groups is 3. The van der Waals surface area contributed by atoms with E-state index in [9.17, 15) is 14.4 Å². The summed E-state index contributed by atoms with van der Waals surface area (Å²) in [4.78, 5) is 39.6. The maximum atomic E-state index is 13.1. The second-order valence-electron chi connectivity index (χ2n) is 8.84. The monoisotopic (exact) mass is 483 g/mol. The molecular formula is C25H29N3O5S. The lowest BCUT2D eigenvalue weighted by molar-refractivity contribution is -0.170. The lowest BCUT2D eigenvalue weighted by Gasteiger charge is -2.25. The number of para-hydroxylation sites is 1. The van der Waals surface area contributed by atoms with Crippen LogP contribution in [0.2, 0.25) is 0 Å². The van der Waals surface area contributed by atoms with Gasteiger partial charge in [0.2, 0.25) is 12.2 Å². The van der Waals surface area contributed by atoms with Gasteiger partial charge in [-0.2, -0.15) is 0 Å². The molecule has 2 aliphatic heterocycles. The molecule has 0 saturated carbocycles. The average Bonchev–Trinajstić information content (AvgIpc) is 3.22. The van der Waals surface area contributed by atoms with Gasteiger partial charge in [-0.15, -0.1) is 0 Å². The van der Waals surface area contributed by atoms with E-state index in [0.717, 1.165) is 21.2 Å². The SMILES string of the molecule is CC(=O)OC1OCC[C@@H]1NC(=O)[C@H](CC(C)C)NC(=O)c1ccc2c(c1)Nc1ccccc1S2. The first kappa shape index (κ1) is 24.1. The van der Waals surface area contributed by atoms with E-state index in [2.05, 4.69) is 16.0 Å². The predicted octanol–water partition coefficient (Wildman–Crippen LogP) is 3.83. The Morgan fingerprint density at radius 3 is 2.68 bits per heavy atom. The van der Waals surface area contributed by atoms with Crippen molar-refractivity contribution in [2.75, 3.05) is 11.9 Å². The second kappa shape index (κ2) is 10.5. The predicted molar refractivity (Wildman–Crippen MR) is 129 cm³/mol. The lowest BCUT2D eigenvalue weighted by atomic mass is 10.0. The van der Waals surface area contributed by atoms with Gasteiger partial charge in [-0.25, -0.2) is 0 Å². The van der Waals surface area contributed by atoms with E-state index < -0.39 is 24.3 Å². The summed E-state index contributed by atoms with van der Waals surface area (Å²) in [6.45, 7) is 5.66. The summed E-state index contributed by atoms with van der Waals surface area (Å²) in [5.74, 6) is -0.943. The molecule has 180 valence electrons. The van der Waals surface area contributed by atoms with Crippen molar-refractivity contribution < 1.29 is 23.9 Å². The van der Waals surface area contributed by atoms with Crippen molar-refractivity contribution in [1.82, 2.24) is 10.6 Å². The molecule has 0 aliphatic carbocycles. The molecule has 0 radical (unpaired) electrons. The van der Waals surface area contributed by atoms with E-state index in [-0.39, 0.29) is 17.7 Å². The molecule has 2 aromatic carbocycles. The van der Waals surface area contributed by atoms with Crippen LogP contribution in [-0.2, 0) is 19.1 Å². The van der Waals surface area contributed by atoms with E-state index in [0.29, 0.717) is 25.0 Å². The van der Waals surface area contributed by atoms with Crippen molar-refractivity contribution in [2.24, 2.45) is 5.92 Å². The van der Waals surface area contributed by atoms with Gasteiger partial charge in [0, 0.05) is 22.3 Å². The minimum atomic E-state index is -0.816. The van der Waals surface area contributed by atoms with Crippen LogP contribution in [0.4, 0.5) is 11.4 Å². The number of fused-ring (bicyclic) bond motifs is 2. The summed E-state index contributed by atoms with van der Waals surface area (Å²) in [7, 11) is 0. The van der Waals surface area contributed by atoms with E-state index in [1.165, 1.54) is 6.92 Å². The summed E-state index contributed by atoms with van der Waals surface area (Å²) in [6.07, 6.45) is 0.182. The van der Waals surface area contributed by atoms with Crippen LogP contribution in [0, 0.1) is 5.92 Å². The van der Waals surface area contributed by atoms with E-state index in [1.54, 1.807) is 23.9 Å². The molecule has 8 nitrogen and oxygen atoms in total.